The maximum absolute atomic E-state index is 12.9. The molecule has 1 aliphatic rings. The topological polar surface area (TPSA) is 42.0 Å². The number of carbonyl (C=O) groups is 1. The minimum absolute atomic E-state index is 0.0348. The number of nitrogens with zero attached hydrogens (tertiary/aromatic N) is 2. The molecule has 0 atom stereocenters. The molecule has 0 radical (unpaired) electrons. The number of ether oxygens (including phenoxy) is 2. The van der Waals surface area contributed by atoms with Gasteiger partial charge in [-0.25, -0.2) is 0 Å². The Balaban J connectivity index is 1.48. The Morgan fingerprint density at radius 2 is 1.78 bits per heavy atom. The van der Waals surface area contributed by atoms with Crippen LogP contribution < -0.4 is 9.47 Å². The lowest BCUT2D eigenvalue weighted by atomic mass is 10.1. The molecule has 144 valence electrons. The Morgan fingerprint density at radius 1 is 1.07 bits per heavy atom. The van der Waals surface area contributed by atoms with E-state index in [-0.39, 0.29) is 5.91 Å². The van der Waals surface area contributed by atoms with Crippen LogP contribution in [0, 0.1) is 6.92 Å². The van der Waals surface area contributed by atoms with E-state index in [1.54, 1.807) is 7.11 Å². The Labute approximate surface area is 165 Å². The van der Waals surface area contributed by atoms with E-state index in [0.717, 1.165) is 30.9 Å². The van der Waals surface area contributed by atoms with E-state index < -0.39 is 0 Å². The van der Waals surface area contributed by atoms with Crippen LogP contribution in [0.3, 0.4) is 0 Å². The Bertz CT molecular complexity index is 771. The maximum atomic E-state index is 12.9. The monoisotopic (exact) mass is 388 g/mol. The minimum atomic E-state index is 0.0348. The summed E-state index contributed by atoms with van der Waals surface area (Å²) in [6.07, 6.45) is 0. The van der Waals surface area contributed by atoms with Gasteiger partial charge >= 0.3 is 0 Å². The second-order valence-electron chi connectivity index (χ2n) is 6.64. The van der Waals surface area contributed by atoms with Crippen LogP contribution in [0.1, 0.15) is 15.9 Å². The summed E-state index contributed by atoms with van der Waals surface area (Å²) in [5.74, 6) is 1.48. The number of hydrogen-bond donors (Lipinski definition) is 0. The second-order valence-corrected chi connectivity index (χ2v) is 7.08. The van der Waals surface area contributed by atoms with Crippen molar-refractivity contribution in [1.82, 2.24) is 9.80 Å². The van der Waals surface area contributed by atoms with Crippen molar-refractivity contribution in [2.45, 2.75) is 6.92 Å². The molecule has 6 heteroatoms. The van der Waals surface area contributed by atoms with Crippen molar-refractivity contribution in [3.05, 3.63) is 58.6 Å². The fourth-order valence-corrected chi connectivity index (χ4v) is 3.28. The Kier molecular flexibility index (Phi) is 6.58. The molecule has 2 aromatic rings. The highest BCUT2D eigenvalue weighted by Crippen LogP contribution is 2.22. The van der Waals surface area contributed by atoms with E-state index in [9.17, 15) is 4.79 Å². The number of aryl methyl sites for hydroxylation is 1. The predicted molar refractivity (Wildman–Crippen MR) is 107 cm³/mol. The summed E-state index contributed by atoms with van der Waals surface area (Å²) < 4.78 is 11.1. The molecule has 0 aliphatic carbocycles. The quantitative estimate of drug-likeness (QED) is 0.759. The maximum Gasteiger partial charge on any atom is 0.257 e. The third-order valence-electron chi connectivity index (χ3n) is 4.73. The molecular formula is C21H25ClN2O3. The standard InChI is InChI=1S/C21H25ClN2O3/c1-16-3-8-20(26-2)19(15-16)21(25)24-11-9-23(10-12-24)13-14-27-18-6-4-17(22)5-7-18/h3-8,15H,9-14H2,1-2H3. The van der Waals surface area contributed by atoms with Crippen molar-refractivity contribution in [2.24, 2.45) is 0 Å². The van der Waals surface area contributed by atoms with Crippen molar-refractivity contribution in [1.29, 1.82) is 0 Å². The van der Waals surface area contributed by atoms with Crippen LogP contribution >= 0.6 is 11.6 Å². The van der Waals surface area contributed by atoms with Crippen molar-refractivity contribution in [3.8, 4) is 11.5 Å². The number of methoxy groups -OCH3 is 1. The summed E-state index contributed by atoms with van der Waals surface area (Å²) in [7, 11) is 1.60. The van der Waals surface area contributed by atoms with Gasteiger partial charge in [0.05, 0.1) is 12.7 Å². The highest BCUT2D eigenvalue weighted by Gasteiger charge is 2.24. The van der Waals surface area contributed by atoms with Gasteiger partial charge in [-0.05, 0) is 43.3 Å². The van der Waals surface area contributed by atoms with Gasteiger partial charge in [0.2, 0.25) is 0 Å². The number of amides is 1. The normalized spacial score (nSPS) is 14.9. The van der Waals surface area contributed by atoms with Crippen molar-refractivity contribution >= 4 is 17.5 Å². The fourth-order valence-electron chi connectivity index (χ4n) is 3.16. The summed E-state index contributed by atoms with van der Waals surface area (Å²) in [6.45, 7) is 6.51. The number of hydrogen-bond acceptors (Lipinski definition) is 4. The first-order valence-electron chi connectivity index (χ1n) is 9.11. The SMILES string of the molecule is COc1ccc(C)cc1C(=O)N1CCN(CCOc2ccc(Cl)cc2)CC1. The fraction of sp³-hybridized carbons (Fsp3) is 0.381. The second kappa shape index (κ2) is 9.11. The van der Waals surface area contributed by atoms with Crippen LogP contribution in [-0.4, -0.2) is 62.1 Å². The van der Waals surface area contributed by atoms with Crippen LogP contribution in [0.2, 0.25) is 5.02 Å². The van der Waals surface area contributed by atoms with Gasteiger partial charge in [0, 0.05) is 37.7 Å². The lowest BCUT2D eigenvalue weighted by molar-refractivity contribution is 0.0617. The zero-order valence-electron chi connectivity index (χ0n) is 15.8. The van der Waals surface area contributed by atoms with Gasteiger partial charge in [0.25, 0.3) is 5.91 Å². The van der Waals surface area contributed by atoms with Crippen molar-refractivity contribution < 1.29 is 14.3 Å². The van der Waals surface area contributed by atoms with E-state index in [4.69, 9.17) is 21.1 Å². The summed E-state index contributed by atoms with van der Waals surface area (Å²) in [6, 6.07) is 13.1. The first kappa shape index (κ1) is 19.5. The molecule has 2 aromatic carbocycles. The minimum Gasteiger partial charge on any atom is -0.496 e. The Hall–Kier alpha value is -2.24. The predicted octanol–water partition coefficient (Wildman–Crippen LogP) is 3.49. The van der Waals surface area contributed by atoms with Gasteiger partial charge in [0.1, 0.15) is 18.1 Å². The lowest BCUT2D eigenvalue weighted by Crippen LogP contribution is -2.49. The average Bonchev–Trinajstić information content (AvgIpc) is 2.69. The van der Waals surface area contributed by atoms with E-state index in [2.05, 4.69) is 4.90 Å². The number of benzene rings is 2. The molecule has 0 saturated carbocycles. The van der Waals surface area contributed by atoms with E-state index in [1.165, 1.54) is 0 Å². The van der Waals surface area contributed by atoms with Crippen molar-refractivity contribution in [3.63, 3.8) is 0 Å². The molecule has 0 spiro atoms. The highest BCUT2D eigenvalue weighted by atomic mass is 35.5. The summed E-state index contributed by atoms with van der Waals surface area (Å²) in [4.78, 5) is 17.1. The summed E-state index contributed by atoms with van der Waals surface area (Å²) >= 11 is 5.87. The molecule has 0 bridgehead atoms. The van der Waals surface area contributed by atoms with Gasteiger partial charge in [-0.15, -0.1) is 0 Å². The van der Waals surface area contributed by atoms with Gasteiger partial charge < -0.3 is 14.4 Å². The molecule has 1 fully saturated rings. The summed E-state index contributed by atoms with van der Waals surface area (Å²) in [5.41, 5.74) is 1.69. The van der Waals surface area contributed by atoms with E-state index in [1.807, 2.05) is 54.3 Å². The van der Waals surface area contributed by atoms with Crippen LogP contribution in [0.25, 0.3) is 0 Å². The number of rotatable bonds is 6. The Morgan fingerprint density at radius 3 is 2.44 bits per heavy atom. The van der Waals surface area contributed by atoms with Crippen LogP contribution in [0.5, 0.6) is 11.5 Å². The van der Waals surface area contributed by atoms with E-state index >= 15 is 0 Å². The molecule has 1 heterocycles. The molecule has 0 N–H and O–H groups in total. The molecule has 27 heavy (non-hydrogen) atoms. The largest absolute Gasteiger partial charge is 0.496 e. The van der Waals surface area contributed by atoms with Crippen molar-refractivity contribution in [2.75, 3.05) is 46.4 Å². The van der Waals surface area contributed by atoms with Gasteiger partial charge in [-0.2, -0.15) is 0 Å². The molecule has 3 rings (SSSR count). The van der Waals surface area contributed by atoms with Gasteiger partial charge in [-0.1, -0.05) is 23.2 Å². The molecule has 1 amide bonds. The van der Waals surface area contributed by atoms with Gasteiger partial charge in [-0.3, -0.25) is 9.69 Å². The number of carbonyl (C=O) groups excluding carboxylic acids is 1. The molecule has 1 saturated heterocycles. The zero-order chi connectivity index (χ0) is 19.2. The first-order chi connectivity index (χ1) is 13.1. The molecule has 1 aliphatic heterocycles. The van der Waals surface area contributed by atoms with Crippen LogP contribution in [0.15, 0.2) is 42.5 Å². The number of piperazine rings is 1. The highest BCUT2D eigenvalue weighted by molar-refractivity contribution is 6.30. The molecule has 5 nitrogen and oxygen atoms in total. The van der Waals surface area contributed by atoms with Crippen LogP contribution in [0.4, 0.5) is 0 Å². The molecule has 0 unspecified atom stereocenters. The van der Waals surface area contributed by atoms with Crippen LogP contribution in [-0.2, 0) is 0 Å². The summed E-state index contributed by atoms with van der Waals surface area (Å²) in [5, 5.41) is 0.702. The first-order valence-corrected chi connectivity index (χ1v) is 9.49. The number of halogens is 1. The van der Waals surface area contributed by atoms with Gasteiger partial charge in [0.15, 0.2) is 0 Å². The molecule has 0 aromatic heterocycles. The third kappa shape index (κ3) is 5.15. The zero-order valence-corrected chi connectivity index (χ0v) is 16.5. The molecular weight excluding hydrogens is 364 g/mol. The average molecular weight is 389 g/mol. The van der Waals surface area contributed by atoms with E-state index in [0.29, 0.717) is 36.0 Å². The smallest absolute Gasteiger partial charge is 0.257 e. The lowest BCUT2D eigenvalue weighted by Gasteiger charge is -2.34. The third-order valence-corrected chi connectivity index (χ3v) is 4.99.